The van der Waals surface area contributed by atoms with E-state index >= 15 is 0 Å². The Labute approximate surface area is 121 Å². The zero-order valence-electron chi connectivity index (χ0n) is 13.0. The number of nitrogens with zero attached hydrogens (tertiary/aromatic N) is 1. The number of likely N-dealkylation sites (N-methyl/N-ethyl adjacent to an activating group) is 1. The summed E-state index contributed by atoms with van der Waals surface area (Å²) in [5.41, 5.74) is 0.878. The van der Waals surface area contributed by atoms with E-state index in [4.69, 9.17) is 0 Å². The second-order valence-electron chi connectivity index (χ2n) is 5.84. The van der Waals surface area contributed by atoms with Crippen molar-refractivity contribution in [2.45, 2.75) is 38.8 Å². The van der Waals surface area contributed by atoms with Crippen LogP contribution in [0, 0.1) is 5.82 Å². The van der Waals surface area contributed by atoms with Crippen LogP contribution in [0.15, 0.2) is 24.3 Å². The molecule has 0 saturated carbocycles. The van der Waals surface area contributed by atoms with Crippen molar-refractivity contribution in [1.29, 1.82) is 0 Å². The Bertz CT molecular complexity index is 392. The van der Waals surface area contributed by atoms with E-state index in [2.05, 4.69) is 17.1 Å². The molecule has 0 aromatic heterocycles. The monoisotopic (exact) mass is 282 g/mol. The summed E-state index contributed by atoms with van der Waals surface area (Å²) >= 11 is 0. The summed E-state index contributed by atoms with van der Waals surface area (Å²) in [5, 5.41) is 12.8. The summed E-state index contributed by atoms with van der Waals surface area (Å²) in [7, 11) is 2.02. The summed E-state index contributed by atoms with van der Waals surface area (Å²) in [6.07, 6.45) is 0.916. The van der Waals surface area contributed by atoms with Crippen LogP contribution in [0.25, 0.3) is 0 Å². The number of aliphatic hydroxyl groups is 1. The van der Waals surface area contributed by atoms with Crippen LogP contribution in [0.1, 0.15) is 38.8 Å². The lowest BCUT2D eigenvalue weighted by Gasteiger charge is -2.35. The van der Waals surface area contributed by atoms with Gasteiger partial charge in [-0.05, 0) is 51.6 Å². The second kappa shape index (κ2) is 7.72. The summed E-state index contributed by atoms with van der Waals surface area (Å²) in [5.74, 6) is -0.206. The average molecular weight is 282 g/mol. The third-order valence-corrected chi connectivity index (χ3v) is 3.90. The van der Waals surface area contributed by atoms with Crippen LogP contribution in [0.4, 0.5) is 4.39 Å². The molecular formula is C16H27FN2O. The molecule has 0 aliphatic rings. The maximum Gasteiger partial charge on any atom is 0.123 e. The van der Waals surface area contributed by atoms with Crippen molar-refractivity contribution in [1.82, 2.24) is 10.2 Å². The first-order valence-electron chi connectivity index (χ1n) is 7.21. The topological polar surface area (TPSA) is 35.5 Å². The van der Waals surface area contributed by atoms with E-state index < -0.39 is 0 Å². The van der Waals surface area contributed by atoms with Gasteiger partial charge in [0, 0.05) is 18.1 Å². The van der Waals surface area contributed by atoms with Crippen molar-refractivity contribution in [3.8, 4) is 0 Å². The fourth-order valence-electron chi connectivity index (χ4n) is 2.07. The van der Waals surface area contributed by atoms with Crippen molar-refractivity contribution in [2.75, 3.05) is 26.7 Å². The molecular weight excluding hydrogens is 255 g/mol. The van der Waals surface area contributed by atoms with E-state index in [1.807, 2.05) is 33.0 Å². The third kappa shape index (κ3) is 4.85. The molecule has 114 valence electrons. The number of aliphatic hydroxyl groups excluding tert-OH is 1. The molecule has 0 aliphatic heterocycles. The highest BCUT2D eigenvalue weighted by Crippen LogP contribution is 2.20. The summed E-state index contributed by atoms with van der Waals surface area (Å²) in [6, 6.07) is 6.87. The number of halogens is 1. The normalized spacial score (nSPS) is 13.8. The van der Waals surface area contributed by atoms with Crippen LogP contribution in [-0.2, 0) is 0 Å². The van der Waals surface area contributed by atoms with Crippen LogP contribution in [-0.4, -0.2) is 42.3 Å². The maximum absolute atomic E-state index is 13.0. The molecule has 1 aromatic carbocycles. The van der Waals surface area contributed by atoms with Gasteiger partial charge in [0.25, 0.3) is 0 Å². The Kier molecular flexibility index (Phi) is 6.59. The minimum Gasteiger partial charge on any atom is -0.394 e. The molecule has 0 spiro atoms. The fourth-order valence-corrected chi connectivity index (χ4v) is 2.07. The first kappa shape index (κ1) is 17.1. The van der Waals surface area contributed by atoms with E-state index in [0.717, 1.165) is 25.1 Å². The summed E-state index contributed by atoms with van der Waals surface area (Å²) in [6.45, 7) is 7.97. The Morgan fingerprint density at radius 2 is 1.90 bits per heavy atom. The van der Waals surface area contributed by atoms with E-state index in [1.165, 1.54) is 12.1 Å². The van der Waals surface area contributed by atoms with E-state index in [-0.39, 0.29) is 24.0 Å². The smallest absolute Gasteiger partial charge is 0.123 e. The van der Waals surface area contributed by atoms with E-state index in [0.29, 0.717) is 0 Å². The molecule has 0 heterocycles. The van der Waals surface area contributed by atoms with Gasteiger partial charge in [-0.15, -0.1) is 0 Å². The molecule has 0 fully saturated rings. The average Bonchev–Trinajstić information content (AvgIpc) is 2.44. The SMILES string of the molecule is CCNC(CCN(C)C(C)(C)CO)c1ccc(F)cc1. The largest absolute Gasteiger partial charge is 0.394 e. The van der Waals surface area contributed by atoms with Crippen molar-refractivity contribution < 1.29 is 9.50 Å². The van der Waals surface area contributed by atoms with Gasteiger partial charge in [-0.2, -0.15) is 0 Å². The molecule has 0 amide bonds. The number of hydrogen-bond acceptors (Lipinski definition) is 3. The molecule has 2 N–H and O–H groups in total. The highest BCUT2D eigenvalue weighted by Gasteiger charge is 2.23. The molecule has 1 unspecified atom stereocenters. The molecule has 3 nitrogen and oxygen atoms in total. The lowest BCUT2D eigenvalue weighted by atomic mass is 10.0. The van der Waals surface area contributed by atoms with Gasteiger partial charge in [-0.3, -0.25) is 4.90 Å². The molecule has 1 rings (SSSR count). The van der Waals surface area contributed by atoms with Gasteiger partial charge in [0.15, 0.2) is 0 Å². The summed E-state index contributed by atoms with van der Waals surface area (Å²) in [4.78, 5) is 2.15. The quantitative estimate of drug-likeness (QED) is 0.769. The molecule has 0 saturated heterocycles. The fraction of sp³-hybridized carbons (Fsp3) is 0.625. The van der Waals surface area contributed by atoms with Gasteiger partial charge in [0.05, 0.1) is 6.61 Å². The molecule has 0 aliphatic carbocycles. The van der Waals surface area contributed by atoms with Crippen molar-refractivity contribution >= 4 is 0 Å². The van der Waals surface area contributed by atoms with E-state index in [1.54, 1.807) is 0 Å². The third-order valence-electron chi connectivity index (χ3n) is 3.90. The van der Waals surface area contributed by atoms with Crippen LogP contribution in [0.2, 0.25) is 0 Å². The molecule has 0 radical (unpaired) electrons. The van der Waals surface area contributed by atoms with Gasteiger partial charge >= 0.3 is 0 Å². The maximum atomic E-state index is 13.0. The lowest BCUT2D eigenvalue weighted by Crippen LogP contribution is -2.45. The predicted molar refractivity (Wildman–Crippen MR) is 81.2 cm³/mol. The highest BCUT2D eigenvalue weighted by atomic mass is 19.1. The second-order valence-corrected chi connectivity index (χ2v) is 5.84. The molecule has 0 bridgehead atoms. The lowest BCUT2D eigenvalue weighted by molar-refractivity contribution is 0.0758. The molecule has 20 heavy (non-hydrogen) atoms. The van der Waals surface area contributed by atoms with Crippen molar-refractivity contribution in [3.05, 3.63) is 35.6 Å². The Balaban J connectivity index is 2.66. The Morgan fingerprint density at radius 1 is 1.30 bits per heavy atom. The van der Waals surface area contributed by atoms with Crippen LogP contribution in [0.5, 0.6) is 0 Å². The first-order valence-corrected chi connectivity index (χ1v) is 7.21. The van der Waals surface area contributed by atoms with Gasteiger partial charge in [-0.1, -0.05) is 19.1 Å². The number of hydrogen-bond donors (Lipinski definition) is 2. The highest BCUT2D eigenvalue weighted by molar-refractivity contribution is 5.20. The Hall–Kier alpha value is -0.970. The number of rotatable bonds is 8. The molecule has 1 aromatic rings. The number of benzene rings is 1. The van der Waals surface area contributed by atoms with Crippen LogP contribution < -0.4 is 5.32 Å². The minimum atomic E-state index is -0.223. The standard InChI is InChI=1S/C16H27FN2O/c1-5-18-15(13-6-8-14(17)9-7-13)10-11-19(4)16(2,3)12-20/h6-9,15,18,20H,5,10-12H2,1-4H3. The molecule has 4 heteroatoms. The number of nitrogens with one attached hydrogen (secondary N) is 1. The summed E-state index contributed by atoms with van der Waals surface area (Å²) < 4.78 is 13.0. The van der Waals surface area contributed by atoms with Gasteiger partial charge in [0.1, 0.15) is 5.82 Å². The van der Waals surface area contributed by atoms with Gasteiger partial charge in [0.2, 0.25) is 0 Å². The van der Waals surface area contributed by atoms with Crippen molar-refractivity contribution in [3.63, 3.8) is 0 Å². The first-order chi connectivity index (χ1) is 9.40. The van der Waals surface area contributed by atoms with Crippen LogP contribution >= 0.6 is 0 Å². The van der Waals surface area contributed by atoms with Gasteiger partial charge in [-0.25, -0.2) is 4.39 Å². The molecule has 1 atom stereocenters. The van der Waals surface area contributed by atoms with E-state index in [9.17, 15) is 9.50 Å². The zero-order valence-corrected chi connectivity index (χ0v) is 13.0. The van der Waals surface area contributed by atoms with Crippen LogP contribution in [0.3, 0.4) is 0 Å². The Morgan fingerprint density at radius 3 is 2.40 bits per heavy atom. The minimum absolute atomic E-state index is 0.131. The predicted octanol–water partition coefficient (Wildman–Crippen LogP) is 2.57. The van der Waals surface area contributed by atoms with Crippen molar-refractivity contribution in [2.24, 2.45) is 0 Å². The zero-order chi connectivity index (χ0) is 15.2. The van der Waals surface area contributed by atoms with Gasteiger partial charge < -0.3 is 10.4 Å².